The standard InChI is InChI=1S/C10H15N8O13P3/c11-10-14-7-5(8(20)15-10)13-2-18(7)9-4(16-17-12)6(19)3(29-9)1-28-33(24,25)31-34(26,27)30-32(21,22)23/h2-4,6,9,19H,1H2,(H,24,25)(H,26,27)(H2,21,22,23)(H3,11,14,15,20)/t3-,4+,6?,9-/m1/s1. The zero-order valence-corrected chi connectivity index (χ0v) is 18.9. The minimum atomic E-state index is -5.76. The first-order valence-corrected chi connectivity index (χ1v) is 13.0. The van der Waals surface area contributed by atoms with E-state index in [0.29, 0.717) is 0 Å². The molecule has 3 unspecified atom stereocenters. The summed E-state index contributed by atoms with van der Waals surface area (Å²) < 4.78 is 52.1. The van der Waals surface area contributed by atoms with E-state index in [0.717, 1.165) is 10.9 Å². The van der Waals surface area contributed by atoms with E-state index >= 15 is 0 Å². The van der Waals surface area contributed by atoms with Crippen molar-refractivity contribution in [3.05, 3.63) is 27.1 Å². The number of imidazole rings is 1. The Kier molecular flexibility index (Phi) is 7.33. The first-order valence-electron chi connectivity index (χ1n) is 8.51. The molecule has 34 heavy (non-hydrogen) atoms. The van der Waals surface area contributed by atoms with Gasteiger partial charge in [-0.1, -0.05) is 5.11 Å². The van der Waals surface area contributed by atoms with Crippen LogP contribution in [0.15, 0.2) is 16.2 Å². The van der Waals surface area contributed by atoms with Gasteiger partial charge < -0.3 is 35.2 Å². The van der Waals surface area contributed by atoms with Crippen LogP contribution >= 0.6 is 23.5 Å². The van der Waals surface area contributed by atoms with Crippen molar-refractivity contribution in [2.75, 3.05) is 12.3 Å². The molecule has 1 saturated heterocycles. The van der Waals surface area contributed by atoms with Crippen LogP contribution in [0, 0.1) is 0 Å². The van der Waals surface area contributed by atoms with Gasteiger partial charge in [0.1, 0.15) is 18.4 Å². The molecule has 1 aliphatic rings. The number of phosphoric acid groups is 3. The fraction of sp³-hybridized carbons (Fsp3) is 0.500. The number of aliphatic hydroxyl groups excluding tert-OH is 1. The summed E-state index contributed by atoms with van der Waals surface area (Å²) in [7, 11) is -16.9. The Morgan fingerprint density at radius 1 is 1.26 bits per heavy atom. The molecule has 188 valence electrons. The van der Waals surface area contributed by atoms with Gasteiger partial charge in [-0.15, -0.1) is 0 Å². The van der Waals surface area contributed by atoms with E-state index in [9.17, 15) is 28.5 Å². The highest BCUT2D eigenvalue weighted by Crippen LogP contribution is 2.66. The molecule has 1 fully saturated rings. The van der Waals surface area contributed by atoms with E-state index in [1.165, 1.54) is 0 Å². The van der Waals surface area contributed by atoms with Gasteiger partial charge in [0.05, 0.1) is 19.0 Å². The van der Waals surface area contributed by atoms with Gasteiger partial charge in [0.2, 0.25) is 5.95 Å². The lowest BCUT2D eigenvalue weighted by molar-refractivity contribution is -0.0428. The van der Waals surface area contributed by atoms with Crippen molar-refractivity contribution in [1.29, 1.82) is 0 Å². The van der Waals surface area contributed by atoms with Crippen molar-refractivity contribution in [2.45, 2.75) is 24.5 Å². The smallest absolute Gasteiger partial charge is 0.390 e. The number of H-pyrrole nitrogens is 1. The number of azide groups is 1. The summed E-state index contributed by atoms with van der Waals surface area (Å²) in [5.74, 6) is -0.290. The number of aromatic nitrogens is 4. The maximum absolute atomic E-state index is 12.0. The van der Waals surface area contributed by atoms with Crippen LogP contribution in [-0.2, 0) is 31.6 Å². The van der Waals surface area contributed by atoms with Gasteiger partial charge in [0.15, 0.2) is 11.2 Å². The van der Waals surface area contributed by atoms with Gasteiger partial charge >= 0.3 is 23.5 Å². The van der Waals surface area contributed by atoms with Crippen molar-refractivity contribution in [1.82, 2.24) is 19.5 Å². The molecule has 0 spiro atoms. The molecule has 24 heteroatoms. The van der Waals surface area contributed by atoms with Crippen molar-refractivity contribution in [2.24, 2.45) is 5.11 Å². The summed E-state index contributed by atoms with van der Waals surface area (Å²) in [4.78, 5) is 60.3. The van der Waals surface area contributed by atoms with E-state index in [2.05, 4.69) is 38.1 Å². The first kappa shape index (κ1) is 26.4. The van der Waals surface area contributed by atoms with Crippen molar-refractivity contribution >= 4 is 40.6 Å². The number of hydrogen-bond donors (Lipinski definition) is 7. The Hall–Kier alpha value is -2.21. The number of rotatable bonds is 9. The topological polar surface area (TPSA) is 328 Å². The molecule has 3 heterocycles. The molecule has 0 aliphatic carbocycles. The molecule has 21 nitrogen and oxygen atoms in total. The Bertz CT molecular complexity index is 1330. The number of aromatic amines is 1. The molecule has 0 aromatic carbocycles. The number of anilines is 1. The van der Waals surface area contributed by atoms with Crippen molar-refractivity contribution < 1.29 is 56.3 Å². The summed E-state index contributed by atoms with van der Waals surface area (Å²) >= 11 is 0. The van der Waals surface area contributed by atoms with Crippen LogP contribution in [0.3, 0.4) is 0 Å². The molecule has 0 radical (unpaired) electrons. The van der Waals surface area contributed by atoms with Crippen molar-refractivity contribution in [3.63, 3.8) is 0 Å². The second kappa shape index (κ2) is 9.44. The van der Waals surface area contributed by atoms with Crippen LogP contribution in [0.25, 0.3) is 21.6 Å². The molecule has 2 aromatic rings. The number of aliphatic hydroxyl groups is 1. The number of ether oxygens (including phenoxy) is 1. The predicted octanol–water partition coefficient (Wildman–Crippen LogP) is -1.02. The molecule has 3 rings (SSSR count). The number of nitrogens with one attached hydrogen (secondary N) is 1. The quantitative estimate of drug-likeness (QED) is 0.0853. The van der Waals surface area contributed by atoms with Crippen LogP contribution in [0.1, 0.15) is 6.23 Å². The lowest BCUT2D eigenvalue weighted by Crippen LogP contribution is -2.32. The first-order chi connectivity index (χ1) is 15.6. The summed E-state index contributed by atoms with van der Waals surface area (Å²) in [5.41, 5.74) is 13.3. The van der Waals surface area contributed by atoms with Crippen molar-refractivity contribution in [3.8, 4) is 0 Å². The van der Waals surface area contributed by atoms with Gasteiger partial charge in [0.25, 0.3) is 5.56 Å². The van der Waals surface area contributed by atoms with Gasteiger partial charge in [-0.2, -0.15) is 13.6 Å². The summed E-state index contributed by atoms with van der Waals surface area (Å²) in [5, 5.41) is 13.8. The average Bonchev–Trinajstić information content (AvgIpc) is 3.19. The third kappa shape index (κ3) is 6.07. The molecule has 1 aliphatic heterocycles. The number of fused-ring (bicyclic) bond motifs is 1. The minimum Gasteiger partial charge on any atom is -0.390 e. The molecule has 0 bridgehead atoms. The maximum Gasteiger partial charge on any atom is 0.490 e. The highest BCUT2D eigenvalue weighted by atomic mass is 31.3. The van der Waals surface area contributed by atoms with Crippen LogP contribution in [0.2, 0.25) is 0 Å². The van der Waals surface area contributed by atoms with Gasteiger partial charge in [-0.05, 0) is 5.53 Å². The van der Waals surface area contributed by atoms with E-state index in [1.807, 2.05) is 0 Å². The Morgan fingerprint density at radius 2 is 1.94 bits per heavy atom. The number of nitrogens with two attached hydrogens (primary N) is 1. The van der Waals surface area contributed by atoms with Crippen LogP contribution in [0.5, 0.6) is 0 Å². The number of nitrogen functional groups attached to an aromatic ring is 1. The second-order valence-electron chi connectivity index (χ2n) is 6.41. The monoisotopic (exact) mass is 548 g/mol. The Morgan fingerprint density at radius 3 is 2.56 bits per heavy atom. The Balaban J connectivity index is 1.81. The van der Waals surface area contributed by atoms with E-state index in [-0.39, 0.29) is 17.1 Å². The summed E-state index contributed by atoms with van der Waals surface area (Å²) in [6.45, 7) is -1.03. The zero-order chi connectivity index (χ0) is 25.5. The van der Waals surface area contributed by atoms with Crippen LogP contribution in [0.4, 0.5) is 5.95 Å². The second-order valence-corrected chi connectivity index (χ2v) is 10.8. The van der Waals surface area contributed by atoms with Gasteiger partial charge in [-0.25, -0.2) is 18.7 Å². The predicted molar refractivity (Wildman–Crippen MR) is 105 cm³/mol. The largest absolute Gasteiger partial charge is 0.490 e. The Labute approximate surface area is 186 Å². The fourth-order valence-electron chi connectivity index (χ4n) is 2.88. The average molecular weight is 548 g/mol. The third-order valence-corrected chi connectivity index (χ3v) is 7.87. The van der Waals surface area contributed by atoms with Crippen LogP contribution in [-0.4, -0.2) is 69.1 Å². The third-order valence-electron chi connectivity index (χ3n) is 4.06. The summed E-state index contributed by atoms with van der Waals surface area (Å²) in [6.07, 6.45) is -3.56. The molecule has 0 saturated carbocycles. The zero-order valence-electron chi connectivity index (χ0n) is 16.2. The van der Waals surface area contributed by atoms with Gasteiger partial charge in [-0.3, -0.25) is 18.9 Å². The molecule has 2 aromatic heterocycles. The summed E-state index contributed by atoms with van der Waals surface area (Å²) in [6, 6.07) is -1.42. The van der Waals surface area contributed by atoms with E-state index in [4.69, 9.17) is 30.7 Å². The number of phosphoric ester groups is 1. The number of hydrogen-bond acceptors (Lipinski definition) is 13. The molecule has 6 atom stereocenters. The van der Waals surface area contributed by atoms with E-state index < -0.39 is 60.1 Å². The normalized spacial score (nSPS) is 26.6. The highest BCUT2D eigenvalue weighted by Gasteiger charge is 2.47. The van der Waals surface area contributed by atoms with Crippen LogP contribution < -0.4 is 11.3 Å². The SMILES string of the molecule is [N-]=[N+]=N[C@H]1C(O)[C@@H](COP(=O)(O)OP(=O)(O)OP(=O)(O)O)O[C@H]1n1cnc2c(=O)[nH]c(N)nc21. The fourth-order valence-corrected chi connectivity index (χ4v) is 5.91. The minimum absolute atomic E-state index is 0.120. The van der Waals surface area contributed by atoms with Gasteiger partial charge in [0, 0.05) is 4.91 Å². The highest BCUT2D eigenvalue weighted by molar-refractivity contribution is 7.66. The molecule has 0 amide bonds. The lowest BCUT2D eigenvalue weighted by Gasteiger charge is -2.19. The molecule has 8 N–H and O–H groups in total. The van der Waals surface area contributed by atoms with E-state index in [1.54, 1.807) is 0 Å². The maximum atomic E-state index is 12.0. The number of nitrogens with zero attached hydrogens (tertiary/aromatic N) is 6. The molecular formula is C10H15N8O13P3. The molecular weight excluding hydrogens is 533 g/mol. The lowest BCUT2D eigenvalue weighted by atomic mass is 10.1.